The summed E-state index contributed by atoms with van der Waals surface area (Å²) in [6.45, 7) is 3.95. The van der Waals surface area contributed by atoms with Crippen molar-refractivity contribution >= 4 is 12.0 Å². The van der Waals surface area contributed by atoms with E-state index in [1.807, 2.05) is 13.8 Å². The molecule has 0 spiro atoms. The van der Waals surface area contributed by atoms with E-state index in [0.717, 1.165) is 12.8 Å². The van der Waals surface area contributed by atoms with Crippen molar-refractivity contribution in [3.8, 4) is 12.3 Å². The number of terminal acetylenes is 1. The van der Waals surface area contributed by atoms with Gasteiger partial charge >= 0.3 is 12.0 Å². The molecule has 112 valence electrons. The van der Waals surface area contributed by atoms with E-state index < -0.39 is 17.5 Å². The van der Waals surface area contributed by atoms with Crippen LogP contribution in [0, 0.1) is 18.3 Å². The fraction of sp³-hybridized carbons (Fsp3) is 0.733. The molecule has 2 amide bonds. The summed E-state index contributed by atoms with van der Waals surface area (Å²) >= 11 is 0. The standard InChI is InChI=1S/C15H24N2O3/c1-4-7-12(5-2)16-14(20)17-15(13(18)19)9-6-8-11(3)10-15/h1,11-12H,5-10H2,2-3H3,(H,18,19)(H2,16,17,20). The Bertz CT molecular complexity index is 402. The maximum atomic E-state index is 12.0. The number of hydrogen-bond donors (Lipinski definition) is 3. The Balaban J connectivity index is 2.69. The first-order valence-electron chi connectivity index (χ1n) is 7.19. The van der Waals surface area contributed by atoms with Crippen LogP contribution in [-0.2, 0) is 4.79 Å². The summed E-state index contributed by atoms with van der Waals surface area (Å²) in [6, 6.07) is -0.560. The molecule has 3 unspecified atom stereocenters. The predicted molar refractivity (Wildman–Crippen MR) is 77.2 cm³/mol. The van der Waals surface area contributed by atoms with Crippen LogP contribution >= 0.6 is 0 Å². The first kappa shape index (κ1) is 16.4. The van der Waals surface area contributed by atoms with Gasteiger partial charge in [-0.1, -0.05) is 26.7 Å². The number of rotatable bonds is 5. The SMILES string of the molecule is C#CCC(CC)NC(=O)NC1(C(=O)O)CCCC(C)C1. The van der Waals surface area contributed by atoms with Crippen LogP contribution in [0.5, 0.6) is 0 Å². The molecule has 3 N–H and O–H groups in total. The van der Waals surface area contributed by atoms with Crippen molar-refractivity contribution in [2.45, 2.75) is 64.0 Å². The van der Waals surface area contributed by atoms with E-state index in [2.05, 4.69) is 16.6 Å². The Morgan fingerprint density at radius 3 is 2.75 bits per heavy atom. The van der Waals surface area contributed by atoms with E-state index >= 15 is 0 Å². The van der Waals surface area contributed by atoms with Gasteiger partial charge in [0.05, 0.1) is 0 Å². The van der Waals surface area contributed by atoms with E-state index in [1.165, 1.54) is 0 Å². The number of amides is 2. The number of carboxylic acids is 1. The summed E-state index contributed by atoms with van der Waals surface area (Å²) in [5.74, 6) is 1.85. The lowest BCUT2D eigenvalue weighted by atomic mass is 9.76. The van der Waals surface area contributed by atoms with Crippen molar-refractivity contribution in [3.63, 3.8) is 0 Å². The van der Waals surface area contributed by atoms with E-state index in [9.17, 15) is 14.7 Å². The van der Waals surface area contributed by atoms with Gasteiger partial charge in [0.25, 0.3) is 0 Å². The van der Waals surface area contributed by atoms with E-state index in [1.54, 1.807) is 0 Å². The van der Waals surface area contributed by atoms with Gasteiger partial charge in [-0.05, 0) is 25.2 Å². The van der Waals surface area contributed by atoms with Crippen LogP contribution in [0.3, 0.4) is 0 Å². The molecule has 1 saturated carbocycles. The van der Waals surface area contributed by atoms with Crippen LogP contribution in [0.2, 0.25) is 0 Å². The third kappa shape index (κ3) is 4.16. The second-order valence-corrected chi connectivity index (χ2v) is 5.70. The van der Waals surface area contributed by atoms with Gasteiger partial charge in [-0.2, -0.15) is 0 Å². The summed E-state index contributed by atoms with van der Waals surface area (Å²) in [5.41, 5.74) is -1.14. The molecule has 1 aliphatic carbocycles. The highest BCUT2D eigenvalue weighted by Gasteiger charge is 2.43. The Morgan fingerprint density at radius 1 is 1.55 bits per heavy atom. The number of aliphatic carboxylic acids is 1. The quantitative estimate of drug-likeness (QED) is 0.675. The zero-order chi connectivity index (χ0) is 15.2. The summed E-state index contributed by atoms with van der Waals surface area (Å²) in [7, 11) is 0. The molecule has 3 atom stereocenters. The molecular weight excluding hydrogens is 256 g/mol. The third-order valence-electron chi connectivity index (χ3n) is 3.95. The summed E-state index contributed by atoms with van der Waals surface area (Å²) in [4.78, 5) is 23.6. The van der Waals surface area contributed by atoms with Crippen LogP contribution < -0.4 is 10.6 Å². The molecule has 1 fully saturated rings. The van der Waals surface area contributed by atoms with Crippen LogP contribution in [0.25, 0.3) is 0 Å². The minimum Gasteiger partial charge on any atom is -0.480 e. The highest BCUT2D eigenvalue weighted by Crippen LogP contribution is 2.32. The number of urea groups is 1. The van der Waals surface area contributed by atoms with Gasteiger partial charge in [0.2, 0.25) is 0 Å². The molecule has 1 aliphatic rings. The van der Waals surface area contributed by atoms with Gasteiger partial charge in [0.1, 0.15) is 5.54 Å². The molecule has 5 nitrogen and oxygen atoms in total. The van der Waals surface area contributed by atoms with Gasteiger partial charge in [-0.15, -0.1) is 12.3 Å². The maximum absolute atomic E-state index is 12.0. The van der Waals surface area contributed by atoms with Crippen molar-refractivity contribution in [1.29, 1.82) is 0 Å². The number of carbonyl (C=O) groups is 2. The first-order valence-corrected chi connectivity index (χ1v) is 7.19. The Kier molecular flexibility index (Phi) is 5.87. The number of carbonyl (C=O) groups excluding carboxylic acids is 1. The lowest BCUT2D eigenvalue weighted by molar-refractivity contribution is -0.146. The van der Waals surface area contributed by atoms with Gasteiger partial charge < -0.3 is 15.7 Å². The average molecular weight is 280 g/mol. The van der Waals surface area contributed by atoms with E-state index in [0.29, 0.717) is 31.6 Å². The Labute approximate surface area is 120 Å². The summed E-state index contributed by atoms with van der Waals surface area (Å²) < 4.78 is 0. The molecule has 0 aliphatic heterocycles. The lowest BCUT2D eigenvalue weighted by Gasteiger charge is -2.37. The molecular formula is C15H24N2O3. The second kappa shape index (κ2) is 7.18. The van der Waals surface area contributed by atoms with Crippen molar-refractivity contribution in [1.82, 2.24) is 10.6 Å². The molecule has 0 radical (unpaired) electrons. The molecule has 5 heteroatoms. The molecule has 0 aromatic rings. The summed E-state index contributed by atoms with van der Waals surface area (Å²) in [5, 5.41) is 14.9. The fourth-order valence-corrected chi connectivity index (χ4v) is 2.79. The molecule has 0 aromatic heterocycles. The molecule has 0 saturated heterocycles. The average Bonchev–Trinajstić information content (AvgIpc) is 2.37. The van der Waals surface area contributed by atoms with Crippen LogP contribution in [0.4, 0.5) is 4.79 Å². The summed E-state index contributed by atoms with van der Waals surface area (Å²) in [6.07, 6.45) is 9.18. The first-order chi connectivity index (χ1) is 9.43. The van der Waals surface area contributed by atoms with Gasteiger partial charge in [-0.3, -0.25) is 0 Å². The second-order valence-electron chi connectivity index (χ2n) is 5.70. The zero-order valence-electron chi connectivity index (χ0n) is 12.2. The smallest absolute Gasteiger partial charge is 0.329 e. The van der Waals surface area contributed by atoms with Gasteiger partial charge in [0.15, 0.2) is 0 Å². The van der Waals surface area contributed by atoms with Crippen molar-refractivity contribution in [3.05, 3.63) is 0 Å². The number of nitrogens with one attached hydrogen (secondary N) is 2. The minimum absolute atomic E-state index is 0.119. The lowest BCUT2D eigenvalue weighted by Crippen LogP contribution is -2.60. The normalized spacial score (nSPS) is 27.1. The van der Waals surface area contributed by atoms with Gasteiger partial charge in [-0.25, -0.2) is 9.59 Å². The number of hydrogen-bond acceptors (Lipinski definition) is 2. The maximum Gasteiger partial charge on any atom is 0.329 e. The van der Waals surface area contributed by atoms with Gasteiger partial charge in [0, 0.05) is 12.5 Å². The monoisotopic (exact) mass is 280 g/mol. The Morgan fingerprint density at radius 2 is 2.25 bits per heavy atom. The predicted octanol–water partition coefficient (Wildman–Crippen LogP) is 2.12. The van der Waals surface area contributed by atoms with Crippen molar-refractivity contribution < 1.29 is 14.7 Å². The van der Waals surface area contributed by atoms with Crippen LogP contribution in [-0.4, -0.2) is 28.7 Å². The van der Waals surface area contributed by atoms with Crippen molar-refractivity contribution in [2.24, 2.45) is 5.92 Å². The van der Waals surface area contributed by atoms with Crippen molar-refractivity contribution in [2.75, 3.05) is 0 Å². The molecule has 1 rings (SSSR count). The fourth-order valence-electron chi connectivity index (χ4n) is 2.79. The topological polar surface area (TPSA) is 78.4 Å². The number of carboxylic acid groups (broad SMARTS) is 1. The zero-order valence-corrected chi connectivity index (χ0v) is 12.2. The largest absolute Gasteiger partial charge is 0.480 e. The third-order valence-corrected chi connectivity index (χ3v) is 3.95. The Hall–Kier alpha value is -1.70. The van der Waals surface area contributed by atoms with Crippen LogP contribution in [0.1, 0.15) is 52.4 Å². The molecule has 20 heavy (non-hydrogen) atoms. The molecule has 0 bridgehead atoms. The van der Waals surface area contributed by atoms with Crippen LogP contribution in [0.15, 0.2) is 0 Å². The minimum atomic E-state index is -1.14. The highest BCUT2D eigenvalue weighted by molar-refractivity contribution is 5.86. The highest BCUT2D eigenvalue weighted by atomic mass is 16.4. The molecule has 0 heterocycles. The van der Waals surface area contributed by atoms with E-state index in [-0.39, 0.29) is 6.04 Å². The molecule has 0 aromatic carbocycles. The van der Waals surface area contributed by atoms with E-state index in [4.69, 9.17) is 6.42 Å².